The highest BCUT2D eigenvalue weighted by Gasteiger charge is 2.01. The lowest BCUT2D eigenvalue weighted by atomic mass is 10.2. The molecule has 4 heteroatoms. The van der Waals surface area contributed by atoms with Gasteiger partial charge >= 0.3 is 11.9 Å². The molecule has 0 fully saturated rings. The van der Waals surface area contributed by atoms with Crippen molar-refractivity contribution in [2.75, 3.05) is 0 Å². The van der Waals surface area contributed by atoms with E-state index in [2.05, 4.69) is 38.1 Å². The highest BCUT2D eigenvalue weighted by Crippen LogP contribution is 1.92. The average molecular weight is 288 g/mol. The second kappa shape index (κ2) is 11.2. The molecule has 0 aliphatic carbocycles. The molecule has 4 nitrogen and oxygen atoms in total. The molecule has 0 amide bonds. The van der Waals surface area contributed by atoms with Crippen molar-refractivity contribution in [3.8, 4) is 0 Å². The van der Waals surface area contributed by atoms with Crippen LogP contribution in [0.5, 0.6) is 0 Å². The molecule has 0 bridgehead atoms. The van der Waals surface area contributed by atoms with Crippen LogP contribution < -0.4 is 0 Å². The fourth-order valence-electron chi connectivity index (χ4n) is 1.20. The maximum Gasteiger partial charge on any atom is 0.314 e. The van der Waals surface area contributed by atoms with Crippen molar-refractivity contribution in [3.05, 3.63) is 71.8 Å². The minimum atomic E-state index is -1.31. The standard InChI is InChI=1S/2C7H8.C3H4O4/c2*1-7-5-3-2-4-6-7;4-2(5)1-3(6)7/h2*2-6H,1H3;1H2,(H,4,5)(H,6,7). The molecule has 0 saturated heterocycles. The predicted molar refractivity (Wildman–Crippen MR) is 82.2 cm³/mol. The Morgan fingerprint density at radius 1 is 0.714 bits per heavy atom. The Balaban J connectivity index is 0.000000286. The molecule has 0 atom stereocenters. The minimum absolute atomic E-state index is 0.806. The van der Waals surface area contributed by atoms with Crippen LogP contribution in [0.4, 0.5) is 0 Å². The van der Waals surface area contributed by atoms with Crippen molar-refractivity contribution in [1.29, 1.82) is 0 Å². The number of carboxylic acid groups (broad SMARTS) is 2. The molecule has 0 aliphatic rings. The van der Waals surface area contributed by atoms with Gasteiger partial charge in [-0.05, 0) is 13.8 Å². The summed E-state index contributed by atoms with van der Waals surface area (Å²) in [7, 11) is 0. The summed E-state index contributed by atoms with van der Waals surface area (Å²) in [6.45, 7) is 4.17. The van der Waals surface area contributed by atoms with Crippen LogP contribution in [0, 0.1) is 13.8 Å². The van der Waals surface area contributed by atoms with Gasteiger partial charge in [-0.15, -0.1) is 0 Å². The van der Waals surface area contributed by atoms with E-state index in [1.165, 1.54) is 11.1 Å². The summed E-state index contributed by atoms with van der Waals surface area (Å²) in [5, 5.41) is 15.4. The van der Waals surface area contributed by atoms with Gasteiger partial charge in [0, 0.05) is 0 Å². The van der Waals surface area contributed by atoms with Crippen molar-refractivity contribution in [2.45, 2.75) is 20.3 Å². The normalized spacial score (nSPS) is 8.48. The topological polar surface area (TPSA) is 74.6 Å². The Morgan fingerprint density at radius 3 is 1.10 bits per heavy atom. The monoisotopic (exact) mass is 288 g/mol. The molecule has 112 valence electrons. The van der Waals surface area contributed by atoms with Crippen LogP contribution >= 0.6 is 0 Å². The molecule has 0 unspecified atom stereocenters. The van der Waals surface area contributed by atoms with Crippen LogP contribution in [0.3, 0.4) is 0 Å². The van der Waals surface area contributed by atoms with Gasteiger partial charge in [-0.3, -0.25) is 9.59 Å². The van der Waals surface area contributed by atoms with E-state index in [-0.39, 0.29) is 0 Å². The van der Waals surface area contributed by atoms with Gasteiger partial charge in [0.05, 0.1) is 0 Å². The zero-order valence-corrected chi connectivity index (χ0v) is 12.2. The second-order valence-electron chi connectivity index (χ2n) is 4.27. The summed E-state index contributed by atoms with van der Waals surface area (Å²) in [6, 6.07) is 20.5. The third-order valence-electron chi connectivity index (χ3n) is 2.18. The molecule has 2 rings (SSSR count). The number of hydrogen-bond donors (Lipinski definition) is 2. The minimum Gasteiger partial charge on any atom is -0.481 e. The first kappa shape index (κ1) is 18.4. The molecule has 2 aromatic rings. The van der Waals surface area contributed by atoms with Gasteiger partial charge in [0.15, 0.2) is 0 Å². The van der Waals surface area contributed by atoms with Gasteiger partial charge in [-0.25, -0.2) is 0 Å². The third-order valence-corrected chi connectivity index (χ3v) is 2.18. The first-order valence-corrected chi connectivity index (χ1v) is 6.38. The van der Waals surface area contributed by atoms with Gasteiger partial charge in [0.2, 0.25) is 0 Å². The van der Waals surface area contributed by atoms with Crippen molar-refractivity contribution in [1.82, 2.24) is 0 Å². The van der Waals surface area contributed by atoms with Crippen LogP contribution in [-0.2, 0) is 9.59 Å². The zero-order valence-electron chi connectivity index (χ0n) is 12.2. The molecular formula is C17H20O4. The highest BCUT2D eigenvalue weighted by molar-refractivity contribution is 5.88. The summed E-state index contributed by atoms with van der Waals surface area (Å²) in [5.74, 6) is -2.62. The molecule has 2 aromatic carbocycles. The molecule has 0 heterocycles. The molecule has 0 saturated carbocycles. The lowest BCUT2D eigenvalue weighted by Gasteiger charge is -1.82. The Hall–Kier alpha value is -2.62. The fourth-order valence-corrected chi connectivity index (χ4v) is 1.20. The number of rotatable bonds is 2. The molecule has 0 radical (unpaired) electrons. The zero-order chi connectivity index (χ0) is 16.1. The molecule has 0 aliphatic heterocycles. The van der Waals surface area contributed by atoms with E-state index in [9.17, 15) is 9.59 Å². The van der Waals surface area contributed by atoms with Gasteiger partial charge < -0.3 is 10.2 Å². The van der Waals surface area contributed by atoms with Crippen molar-refractivity contribution in [3.63, 3.8) is 0 Å². The first-order valence-electron chi connectivity index (χ1n) is 6.38. The summed E-state index contributed by atoms with van der Waals surface area (Å²) in [6.07, 6.45) is -0.806. The predicted octanol–water partition coefficient (Wildman–Crippen LogP) is 3.54. The maximum atomic E-state index is 9.43. The quantitative estimate of drug-likeness (QED) is 0.829. The molecule has 0 aromatic heterocycles. The van der Waals surface area contributed by atoms with Crippen LogP contribution in [0.2, 0.25) is 0 Å². The summed E-state index contributed by atoms with van der Waals surface area (Å²) in [4.78, 5) is 18.9. The van der Waals surface area contributed by atoms with E-state index in [0.29, 0.717) is 0 Å². The summed E-state index contributed by atoms with van der Waals surface area (Å²) < 4.78 is 0. The third kappa shape index (κ3) is 13.6. The molecule has 0 spiro atoms. The van der Waals surface area contributed by atoms with Gasteiger partial charge in [0.25, 0.3) is 0 Å². The van der Waals surface area contributed by atoms with Gasteiger partial charge in [0.1, 0.15) is 6.42 Å². The van der Waals surface area contributed by atoms with Crippen molar-refractivity contribution < 1.29 is 19.8 Å². The van der Waals surface area contributed by atoms with Gasteiger partial charge in [-0.1, -0.05) is 71.8 Å². The molecule has 2 N–H and O–H groups in total. The Bertz CT molecular complexity index is 472. The number of aliphatic carboxylic acids is 2. The van der Waals surface area contributed by atoms with E-state index in [1.54, 1.807) is 0 Å². The maximum absolute atomic E-state index is 9.43. The highest BCUT2D eigenvalue weighted by atomic mass is 16.4. The summed E-state index contributed by atoms with van der Waals surface area (Å²) in [5.41, 5.74) is 2.64. The van der Waals surface area contributed by atoms with E-state index in [1.807, 2.05) is 36.4 Å². The first-order chi connectivity index (χ1) is 9.91. The Kier molecular flexibility index (Phi) is 9.83. The number of aryl methyl sites for hydroxylation is 2. The van der Waals surface area contributed by atoms with Crippen LogP contribution in [0.15, 0.2) is 60.7 Å². The van der Waals surface area contributed by atoms with Crippen LogP contribution in [0.25, 0.3) is 0 Å². The molecular weight excluding hydrogens is 268 g/mol. The fraction of sp³-hybridized carbons (Fsp3) is 0.176. The molecule has 21 heavy (non-hydrogen) atoms. The van der Waals surface area contributed by atoms with Crippen molar-refractivity contribution in [2.24, 2.45) is 0 Å². The van der Waals surface area contributed by atoms with E-state index in [0.717, 1.165) is 0 Å². The van der Waals surface area contributed by atoms with Crippen molar-refractivity contribution >= 4 is 11.9 Å². The SMILES string of the molecule is Cc1ccccc1.Cc1ccccc1.O=C(O)CC(=O)O. The Morgan fingerprint density at radius 2 is 1.00 bits per heavy atom. The van der Waals surface area contributed by atoms with Gasteiger partial charge in [-0.2, -0.15) is 0 Å². The summed E-state index contributed by atoms with van der Waals surface area (Å²) >= 11 is 0. The lowest BCUT2D eigenvalue weighted by Crippen LogP contribution is -2.03. The number of carboxylic acids is 2. The van der Waals surface area contributed by atoms with Crippen LogP contribution in [0.1, 0.15) is 17.5 Å². The smallest absolute Gasteiger partial charge is 0.314 e. The largest absolute Gasteiger partial charge is 0.481 e. The van der Waals surface area contributed by atoms with E-state index in [4.69, 9.17) is 10.2 Å². The second-order valence-corrected chi connectivity index (χ2v) is 4.27. The van der Waals surface area contributed by atoms with E-state index >= 15 is 0 Å². The number of carbonyl (C=O) groups is 2. The Labute approximate surface area is 124 Å². The number of hydrogen-bond acceptors (Lipinski definition) is 2. The lowest BCUT2D eigenvalue weighted by molar-refractivity contribution is -0.147. The average Bonchev–Trinajstić information content (AvgIpc) is 2.40. The van der Waals surface area contributed by atoms with Crippen LogP contribution in [-0.4, -0.2) is 22.2 Å². The van der Waals surface area contributed by atoms with E-state index < -0.39 is 18.4 Å². The number of benzene rings is 2.